The topological polar surface area (TPSA) is 70.2 Å². The molecule has 3 rings (SSSR count). The average Bonchev–Trinajstić information content (AvgIpc) is 2.65. The quantitative estimate of drug-likeness (QED) is 0.738. The van der Waals surface area contributed by atoms with Crippen molar-refractivity contribution in [1.82, 2.24) is 15.3 Å². The smallest absolute Gasteiger partial charge is 0.252 e. The molecule has 0 bridgehead atoms. The van der Waals surface area contributed by atoms with Crippen molar-refractivity contribution in [3.63, 3.8) is 0 Å². The van der Waals surface area contributed by atoms with E-state index in [4.69, 9.17) is 11.6 Å². The lowest BCUT2D eigenvalue weighted by molar-refractivity contribution is 0.0955. The summed E-state index contributed by atoms with van der Waals surface area (Å²) in [7, 11) is 0. The number of anilines is 2. The number of amides is 1. The van der Waals surface area contributed by atoms with Gasteiger partial charge in [0.2, 0.25) is 0 Å². The first-order valence-corrected chi connectivity index (χ1v) is 9.48. The average molecular weight is 392 g/mol. The van der Waals surface area contributed by atoms with Crippen LogP contribution in [0.5, 0.6) is 0 Å². The van der Waals surface area contributed by atoms with Crippen LogP contribution < -0.4 is 15.5 Å². The Morgan fingerprint density at radius 1 is 1.19 bits per heavy atom. The van der Waals surface area contributed by atoms with Gasteiger partial charge in [-0.05, 0) is 44.4 Å². The van der Waals surface area contributed by atoms with Crippen molar-refractivity contribution < 1.29 is 9.18 Å². The van der Waals surface area contributed by atoms with Crippen molar-refractivity contribution in [2.24, 2.45) is 0 Å². The number of nitrogens with one attached hydrogen (secondary N) is 2. The Bertz CT molecular complexity index is 811. The third-order valence-corrected chi connectivity index (χ3v) is 4.71. The second kappa shape index (κ2) is 8.99. The van der Waals surface area contributed by atoms with Gasteiger partial charge in [0, 0.05) is 32.2 Å². The molecule has 0 aliphatic carbocycles. The van der Waals surface area contributed by atoms with Crippen LogP contribution in [0.15, 0.2) is 24.3 Å². The number of rotatable bonds is 6. The van der Waals surface area contributed by atoms with Crippen LogP contribution >= 0.6 is 11.6 Å². The molecule has 1 fully saturated rings. The summed E-state index contributed by atoms with van der Waals surface area (Å²) in [5, 5.41) is 6.07. The minimum Gasteiger partial charge on any atom is -0.368 e. The fourth-order valence-electron chi connectivity index (χ4n) is 3.06. The number of aromatic nitrogens is 2. The van der Waals surface area contributed by atoms with Crippen LogP contribution in [0, 0.1) is 12.7 Å². The first-order valence-electron chi connectivity index (χ1n) is 9.11. The van der Waals surface area contributed by atoms with E-state index in [1.165, 1.54) is 31.4 Å². The van der Waals surface area contributed by atoms with Crippen molar-refractivity contribution >= 4 is 29.1 Å². The number of hydrogen-bond donors (Lipinski definition) is 2. The van der Waals surface area contributed by atoms with E-state index in [2.05, 4.69) is 25.5 Å². The normalized spacial score (nSPS) is 14.1. The SMILES string of the molecule is Cc1nc(NCCNC(=O)c2ccc(F)cc2Cl)cc(N2CCCCC2)n1. The fraction of sp³-hybridized carbons (Fsp3) is 0.421. The van der Waals surface area contributed by atoms with Crippen LogP contribution in [0.25, 0.3) is 0 Å². The Balaban J connectivity index is 1.52. The largest absolute Gasteiger partial charge is 0.368 e. The summed E-state index contributed by atoms with van der Waals surface area (Å²) in [6.45, 7) is 4.79. The highest BCUT2D eigenvalue weighted by atomic mass is 35.5. The number of halogens is 2. The van der Waals surface area contributed by atoms with Crippen LogP contribution in [0.3, 0.4) is 0 Å². The molecular weight excluding hydrogens is 369 g/mol. The first kappa shape index (κ1) is 19.4. The molecular formula is C19H23ClFN5O. The Labute approximate surface area is 163 Å². The molecule has 2 heterocycles. The van der Waals surface area contributed by atoms with Gasteiger partial charge >= 0.3 is 0 Å². The molecule has 0 atom stereocenters. The van der Waals surface area contributed by atoms with Crippen LogP contribution in [-0.2, 0) is 0 Å². The maximum Gasteiger partial charge on any atom is 0.252 e. The zero-order chi connectivity index (χ0) is 19.2. The molecule has 27 heavy (non-hydrogen) atoms. The Morgan fingerprint density at radius 3 is 2.70 bits per heavy atom. The van der Waals surface area contributed by atoms with Gasteiger partial charge in [-0.3, -0.25) is 4.79 Å². The molecule has 144 valence electrons. The van der Waals surface area contributed by atoms with E-state index < -0.39 is 5.82 Å². The summed E-state index contributed by atoms with van der Waals surface area (Å²) in [5.41, 5.74) is 0.253. The molecule has 1 aromatic carbocycles. The fourth-order valence-corrected chi connectivity index (χ4v) is 3.32. The predicted octanol–water partition coefficient (Wildman–Crippen LogP) is 3.41. The van der Waals surface area contributed by atoms with Gasteiger partial charge < -0.3 is 15.5 Å². The summed E-state index contributed by atoms with van der Waals surface area (Å²) in [6.07, 6.45) is 3.64. The molecule has 1 saturated heterocycles. The third kappa shape index (κ3) is 5.29. The third-order valence-electron chi connectivity index (χ3n) is 4.40. The molecule has 2 aromatic rings. The highest BCUT2D eigenvalue weighted by Gasteiger charge is 2.14. The highest BCUT2D eigenvalue weighted by Crippen LogP contribution is 2.20. The molecule has 1 aliphatic heterocycles. The zero-order valence-corrected chi connectivity index (χ0v) is 16.0. The predicted molar refractivity (Wildman–Crippen MR) is 105 cm³/mol. The summed E-state index contributed by atoms with van der Waals surface area (Å²) >= 11 is 5.90. The van der Waals surface area contributed by atoms with Crippen molar-refractivity contribution in [3.8, 4) is 0 Å². The van der Waals surface area contributed by atoms with Crippen LogP contribution in [-0.4, -0.2) is 42.1 Å². The summed E-state index contributed by atoms with van der Waals surface area (Å²) < 4.78 is 13.1. The number of hydrogen-bond acceptors (Lipinski definition) is 5. The van der Waals surface area contributed by atoms with E-state index in [9.17, 15) is 9.18 Å². The molecule has 1 aromatic heterocycles. The molecule has 0 unspecified atom stereocenters. The van der Waals surface area contributed by atoms with Crippen molar-refractivity contribution in [1.29, 1.82) is 0 Å². The van der Waals surface area contributed by atoms with Gasteiger partial charge in [0.05, 0.1) is 10.6 Å². The molecule has 0 saturated carbocycles. The summed E-state index contributed by atoms with van der Waals surface area (Å²) in [6, 6.07) is 5.65. The maximum atomic E-state index is 13.1. The van der Waals surface area contributed by atoms with Gasteiger partial charge in [0.25, 0.3) is 5.91 Å². The van der Waals surface area contributed by atoms with Gasteiger partial charge in [-0.1, -0.05) is 11.6 Å². The van der Waals surface area contributed by atoms with Gasteiger partial charge in [-0.2, -0.15) is 0 Å². The number of aryl methyl sites for hydroxylation is 1. The first-order chi connectivity index (χ1) is 13.0. The number of nitrogens with zero attached hydrogens (tertiary/aromatic N) is 3. The molecule has 0 radical (unpaired) electrons. The second-order valence-electron chi connectivity index (χ2n) is 6.51. The monoisotopic (exact) mass is 391 g/mol. The lowest BCUT2D eigenvalue weighted by atomic mass is 10.1. The van der Waals surface area contributed by atoms with Gasteiger partial charge in [-0.25, -0.2) is 14.4 Å². The summed E-state index contributed by atoms with van der Waals surface area (Å²) in [4.78, 5) is 23.3. The lowest BCUT2D eigenvalue weighted by Crippen LogP contribution is -2.31. The lowest BCUT2D eigenvalue weighted by Gasteiger charge is -2.28. The number of piperidine rings is 1. The minimum atomic E-state index is -0.471. The molecule has 1 aliphatic rings. The number of carbonyl (C=O) groups excluding carboxylic acids is 1. The zero-order valence-electron chi connectivity index (χ0n) is 15.3. The standard InChI is InChI=1S/C19H23ClFN5O/c1-13-24-17(12-18(25-13)26-9-3-2-4-10-26)22-7-8-23-19(27)15-6-5-14(21)11-16(15)20/h5-6,11-12H,2-4,7-10H2,1H3,(H,23,27)(H,22,24,25). The molecule has 1 amide bonds. The van der Waals surface area contributed by atoms with Crippen molar-refractivity contribution in [2.45, 2.75) is 26.2 Å². The van der Waals surface area contributed by atoms with Crippen molar-refractivity contribution in [2.75, 3.05) is 36.4 Å². The number of carbonyl (C=O) groups is 1. The minimum absolute atomic E-state index is 0.0954. The van der Waals surface area contributed by atoms with Gasteiger partial charge in [0.1, 0.15) is 23.3 Å². The van der Waals surface area contributed by atoms with E-state index in [0.717, 1.165) is 30.8 Å². The maximum absolute atomic E-state index is 13.1. The van der Waals surface area contributed by atoms with E-state index in [1.807, 2.05) is 13.0 Å². The Kier molecular flexibility index (Phi) is 6.45. The Morgan fingerprint density at radius 2 is 1.96 bits per heavy atom. The van der Waals surface area contributed by atoms with E-state index in [-0.39, 0.29) is 16.5 Å². The molecule has 6 nitrogen and oxygen atoms in total. The highest BCUT2D eigenvalue weighted by molar-refractivity contribution is 6.33. The van der Waals surface area contributed by atoms with E-state index >= 15 is 0 Å². The van der Waals surface area contributed by atoms with E-state index in [0.29, 0.717) is 18.9 Å². The van der Waals surface area contributed by atoms with Gasteiger partial charge in [-0.15, -0.1) is 0 Å². The van der Waals surface area contributed by atoms with Crippen LogP contribution in [0.1, 0.15) is 35.4 Å². The van der Waals surface area contributed by atoms with Crippen LogP contribution in [0.2, 0.25) is 5.02 Å². The number of benzene rings is 1. The molecule has 2 N–H and O–H groups in total. The summed E-state index contributed by atoms with van der Waals surface area (Å²) in [5.74, 6) is 1.57. The molecule has 0 spiro atoms. The second-order valence-corrected chi connectivity index (χ2v) is 6.92. The Hall–Kier alpha value is -2.41. The molecule has 8 heteroatoms. The van der Waals surface area contributed by atoms with E-state index in [1.54, 1.807) is 0 Å². The van der Waals surface area contributed by atoms with Crippen molar-refractivity contribution in [3.05, 3.63) is 46.5 Å². The van der Waals surface area contributed by atoms with Crippen LogP contribution in [0.4, 0.5) is 16.0 Å². The van der Waals surface area contributed by atoms with Gasteiger partial charge in [0.15, 0.2) is 0 Å².